The number of nitrogens with one attached hydrogen (secondary N) is 2. The van der Waals surface area contributed by atoms with Crippen LogP contribution in [0.1, 0.15) is 37.0 Å². The van der Waals surface area contributed by atoms with E-state index < -0.39 is 11.4 Å². The molecule has 6 rings (SSSR count). The fourth-order valence-electron chi connectivity index (χ4n) is 4.97. The third-order valence-electron chi connectivity index (χ3n) is 7.11. The van der Waals surface area contributed by atoms with Gasteiger partial charge in [0, 0.05) is 24.2 Å². The van der Waals surface area contributed by atoms with Crippen molar-refractivity contribution in [2.75, 3.05) is 24.6 Å². The smallest absolute Gasteiger partial charge is 0.253 e. The van der Waals surface area contributed by atoms with Gasteiger partial charge >= 0.3 is 0 Å². The maximum Gasteiger partial charge on any atom is 0.253 e. The number of carbonyl (C=O) groups excluding carboxylic acids is 1. The number of piperidine rings is 1. The number of ether oxygens (including phenoxy) is 1. The number of hydrogen-bond acceptors (Lipinski definition) is 7. The van der Waals surface area contributed by atoms with E-state index in [1.807, 2.05) is 26.1 Å². The Morgan fingerprint density at radius 1 is 1.21 bits per heavy atom. The molecule has 39 heavy (non-hydrogen) atoms. The Labute approximate surface area is 228 Å². The number of carbonyl (C=O) groups is 1. The molecule has 5 heterocycles. The molecular weight excluding hydrogens is 523 g/mol. The molecule has 10 nitrogen and oxygen atoms in total. The van der Waals surface area contributed by atoms with Crippen LogP contribution in [0.5, 0.6) is 5.75 Å². The highest BCUT2D eigenvalue weighted by molar-refractivity contribution is 6.33. The van der Waals surface area contributed by atoms with Crippen LogP contribution in [-0.2, 0) is 0 Å². The number of aromatic amines is 1. The van der Waals surface area contributed by atoms with Gasteiger partial charge in [0.1, 0.15) is 17.4 Å². The zero-order valence-electron chi connectivity index (χ0n) is 21.4. The number of amides is 1. The molecule has 0 radical (unpaired) electrons. The van der Waals surface area contributed by atoms with Gasteiger partial charge in [-0.15, -0.1) is 5.10 Å². The average molecular weight is 549 g/mol. The number of H-pyrrole nitrogens is 1. The van der Waals surface area contributed by atoms with E-state index in [9.17, 15) is 9.18 Å². The van der Waals surface area contributed by atoms with Gasteiger partial charge in [-0.2, -0.15) is 5.10 Å². The quantitative estimate of drug-likeness (QED) is 0.317. The molecule has 0 spiro atoms. The molecule has 0 bridgehead atoms. The molecule has 200 valence electrons. The summed E-state index contributed by atoms with van der Waals surface area (Å²) in [6.07, 6.45) is 8.45. The van der Waals surface area contributed by atoms with E-state index >= 15 is 0 Å². The van der Waals surface area contributed by atoms with E-state index in [0.29, 0.717) is 49.6 Å². The highest BCUT2D eigenvalue weighted by Gasteiger charge is 2.33. The summed E-state index contributed by atoms with van der Waals surface area (Å²) in [7, 11) is 0. The van der Waals surface area contributed by atoms with Crippen LogP contribution in [0, 0.1) is 5.82 Å². The van der Waals surface area contributed by atoms with Gasteiger partial charge in [-0.3, -0.25) is 14.9 Å². The van der Waals surface area contributed by atoms with Gasteiger partial charge in [0.2, 0.25) is 0 Å². The van der Waals surface area contributed by atoms with E-state index in [1.54, 1.807) is 23.1 Å². The summed E-state index contributed by atoms with van der Waals surface area (Å²) in [5, 5.41) is 15.7. The van der Waals surface area contributed by atoms with Crippen LogP contribution in [-0.4, -0.2) is 60.9 Å². The van der Waals surface area contributed by atoms with Crippen LogP contribution in [0.3, 0.4) is 0 Å². The van der Waals surface area contributed by atoms with Gasteiger partial charge in [-0.1, -0.05) is 11.6 Å². The van der Waals surface area contributed by atoms with Gasteiger partial charge in [0.25, 0.3) is 5.91 Å². The monoisotopic (exact) mass is 548 g/mol. The lowest BCUT2D eigenvalue weighted by Crippen LogP contribution is -2.53. The predicted octanol–water partition coefficient (Wildman–Crippen LogP) is 4.65. The van der Waals surface area contributed by atoms with Gasteiger partial charge < -0.3 is 15.0 Å². The van der Waals surface area contributed by atoms with Crippen molar-refractivity contribution >= 4 is 39.9 Å². The molecule has 1 aromatic carbocycles. The SMILES string of the molecule is CCOc1cc(-c2cnc(N3CCC(C)(NC(=O)c4cc(F)ccc4Cl)CC3)cn2)c2c3cn[nH]c3nn2c1. The molecule has 0 unspecified atom stereocenters. The first-order valence-electron chi connectivity index (χ1n) is 12.7. The van der Waals surface area contributed by atoms with E-state index in [0.717, 1.165) is 28.4 Å². The molecule has 1 fully saturated rings. The molecule has 1 saturated heterocycles. The van der Waals surface area contributed by atoms with Crippen molar-refractivity contribution in [1.29, 1.82) is 0 Å². The van der Waals surface area contributed by atoms with E-state index in [4.69, 9.17) is 26.3 Å². The zero-order chi connectivity index (χ0) is 27.1. The lowest BCUT2D eigenvalue weighted by atomic mass is 9.89. The summed E-state index contributed by atoms with van der Waals surface area (Å²) in [4.78, 5) is 24.4. The van der Waals surface area contributed by atoms with Crippen molar-refractivity contribution in [1.82, 2.24) is 35.1 Å². The second-order valence-electron chi connectivity index (χ2n) is 9.83. The van der Waals surface area contributed by atoms with Crippen LogP contribution in [0.25, 0.3) is 27.8 Å². The Morgan fingerprint density at radius 3 is 2.77 bits per heavy atom. The normalized spacial score (nSPS) is 15.1. The molecule has 5 aromatic rings. The van der Waals surface area contributed by atoms with Crippen molar-refractivity contribution in [3.05, 3.63) is 65.5 Å². The first-order valence-corrected chi connectivity index (χ1v) is 13.0. The number of rotatable bonds is 6. The van der Waals surface area contributed by atoms with Crippen molar-refractivity contribution in [2.24, 2.45) is 0 Å². The summed E-state index contributed by atoms with van der Waals surface area (Å²) in [5.74, 6) is 0.547. The Kier molecular flexibility index (Phi) is 6.30. The molecule has 1 aliphatic heterocycles. The number of aromatic nitrogens is 6. The highest BCUT2D eigenvalue weighted by atomic mass is 35.5. The number of anilines is 1. The van der Waals surface area contributed by atoms with Gasteiger partial charge in [-0.25, -0.2) is 13.9 Å². The minimum absolute atomic E-state index is 0.134. The predicted molar refractivity (Wildman–Crippen MR) is 146 cm³/mol. The average Bonchev–Trinajstić information content (AvgIpc) is 3.51. The minimum atomic E-state index is -0.501. The second-order valence-corrected chi connectivity index (χ2v) is 10.2. The number of nitrogens with zero attached hydrogens (tertiary/aromatic N) is 6. The Balaban J connectivity index is 1.19. The summed E-state index contributed by atoms with van der Waals surface area (Å²) in [6.45, 7) is 5.79. The maximum absolute atomic E-state index is 13.7. The number of fused-ring (bicyclic) bond motifs is 3. The fourth-order valence-corrected chi connectivity index (χ4v) is 5.18. The zero-order valence-corrected chi connectivity index (χ0v) is 22.2. The van der Waals surface area contributed by atoms with E-state index in [2.05, 4.69) is 25.5 Å². The Bertz CT molecular complexity index is 1680. The number of hydrogen-bond donors (Lipinski definition) is 2. The first kappa shape index (κ1) is 25.1. The molecule has 0 atom stereocenters. The van der Waals surface area contributed by atoms with Crippen molar-refractivity contribution in [3.8, 4) is 17.0 Å². The lowest BCUT2D eigenvalue weighted by Gasteiger charge is -2.40. The van der Waals surface area contributed by atoms with Gasteiger partial charge in [-0.05, 0) is 51.0 Å². The maximum atomic E-state index is 13.7. The van der Waals surface area contributed by atoms with Gasteiger partial charge in [0.15, 0.2) is 5.65 Å². The molecule has 0 aliphatic carbocycles. The van der Waals surface area contributed by atoms with Crippen LogP contribution in [0.2, 0.25) is 5.02 Å². The Morgan fingerprint density at radius 2 is 2.03 bits per heavy atom. The van der Waals surface area contributed by atoms with E-state index in [-0.39, 0.29) is 16.5 Å². The highest BCUT2D eigenvalue weighted by Crippen LogP contribution is 2.33. The molecule has 1 amide bonds. The first-order chi connectivity index (χ1) is 18.8. The molecule has 2 N–H and O–H groups in total. The molecule has 4 aromatic heterocycles. The Hall–Kier alpha value is -4.25. The van der Waals surface area contributed by atoms with Crippen LogP contribution >= 0.6 is 11.6 Å². The van der Waals surface area contributed by atoms with Crippen molar-refractivity contribution < 1.29 is 13.9 Å². The van der Waals surface area contributed by atoms with Crippen LogP contribution < -0.4 is 15.0 Å². The molecule has 1 aliphatic rings. The molecule has 12 heteroatoms. The largest absolute Gasteiger partial charge is 0.492 e. The van der Waals surface area contributed by atoms with Crippen molar-refractivity contribution in [2.45, 2.75) is 32.2 Å². The number of halogens is 2. The summed E-state index contributed by atoms with van der Waals surface area (Å²) in [6, 6.07) is 5.72. The van der Waals surface area contributed by atoms with Crippen LogP contribution in [0.15, 0.2) is 49.1 Å². The topological polar surface area (TPSA) is 113 Å². The molecule has 0 saturated carbocycles. The third kappa shape index (κ3) is 4.74. The molecular formula is C27H26ClFN8O2. The fraction of sp³-hybridized carbons (Fsp3) is 0.296. The second kappa shape index (κ2) is 9.81. The lowest BCUT2D eigenvalue weighted by molar-refractivity contribution is 0.0891. The van der Waals surface area contributed by atoms with Crippen LogP contribution in [0.4, 0.5) is 10.2 Å². The van der Waals surface area contributed by atoms with Crippen molar-refractivity contribution in [3.63, 3.8) is 0 Å². The summed E-state index contributed by atoms with van der Waals surface area (Å²) < 4.78 is 21.2. The summed E-state index contributed by atoms with van der Waals surface area (Å²) in [5.41, 5.74) is 2.75. The summed E-state index contributed by atoms with van der Waals surface area (Å²) >= 11 is 6.12. The number of pyridine rings is 1. The standard InChI is InChI=1S/C27H26ClFN8O2/c1-3-39-17-11-19(24-20-12-32-34-25(20)35-37(24)15-17)22-13-31-23(14-30-22)36-8-6-27(2,7-9-36)33-26(38)18-10-16(29)4-5-21(18)28/h4-5,10-15H,3,6-9H2,1-2H3,(H,33,38)(H,34,35). The van der Waals surface area contributed by atoms with E-state index in [1.165, 1.54) is 12.1 Å². The third-order valence-corrected chi connectivity index (χ3v) is 7.44. The minimum Gasteiger partial charge on any atom is -0.492 e. The number of benzene rings is 1. The van der Waals surface area contributed by atoms with Gasteiger partial charge in [0.05, 0.1) is 58.6 Å².